The van der Waals surface area contributed by atoms with E-state index in [9.17, 15) is 0 Å². The Morgan fingerprint density at radius 1 is 0.565 bits per heavy atom. The second-order valence-corrected chi connectivity index (χ2v) is 13.5. The molecule has 0 bridgehead atoms. The van der Waals surface area contributed by atoms with E-state index in [0.717, 1.165) is 0 Å². The zero-order chi connectivity index (χ0) is 30.4. The van der Waals surface area contributed by atoms with E-state index in [1.165, 1.54) is 105 Å². The lowest BCUT2D eigenvalue weighted by Gasteiger charge is -2.24. The minimum absolute atomic E-state index is 0.438. The molecular formula is C43H36N3+3. The van der Waals surface area contributed by atoms with Gasteiger partial charge in [-0.1, -0.05) is 61.7 Å². The van der Waals surface area contributed by atoms with Crippen molar-refractivity contribution >= 4 is 11.3 Å². The van der Waals surface area contributed by atoms with Crippen LogP contribution in [0.4, 0.5) is 0 Å². The van der Waals surface area contributed by atoms with Crippen LogP contribution in [0.25, 0.3) is 50.7 Å². The van der Waals surface area contributed by atoms with Crippen LogP contribution in [-0.2, 0) is 5.54 Å². The topological polar surface area (TPSA) is 11.6 Å². The van der Waals surface area contributed by atoms with E-state index in [-0.39, 0.29) is 0 Å². The van der Waals surface area contributed by atoms with Crippen molar-refractivity contribution in [1.29, 1.82) is 0 Å². The first-order valence-corrected chi connectivity index (χ1v) is 16.9. The molecule has 1 saturated carbocycles. The van der Waals surface area contributed by atoms with Crippen LogP contribution in [-0.4, -0.2) is 0 Å². The summed E-state index contributed by atoms with van der Waals surface area (Å²) in [5.41, 5.74) is 16.5. The predicted octanol–water partition coefficient (Wildman–Crippen LogP) is 8.35. The molecule has 0 N–H and O–H groups in total. The molecule has 1 spiro atoms. The van der Waals surface area contributed by atoms with Gasteiger partial charge < -0.3 is 0 Å². The number of aromatic nitrogens is 3. The summed E-state index contributed by atoms with van der Waals surface area (Å²) in [5, 5.41) is 0. The van der Waals surface area contributed by atoms with Crippen molar-refractivity contribution in [2.75, 3.05) is 0 Å². The SMILES string of the molecule is Cc1ccc2c(c1)-c1cccc[n+]1C13C(=C1[n+]1ccccc1-c1ccccc13)c1ccccc1-c1cc(C3CCCCC3)cc[n+]1-2. The summed E-state index contributed by atoms with van der Waals surface area (Å²) in [4.78, 5) is 0. The Balaban J connectivity index is 1.37. The van der Waals surface area contributed by atoms with Crippen LogP contribution in [0, 0.1) is 6.92 Å². The van der Waals surface area contributed by atoms with Crippen LogP contribution >= 0.6 is 0 Å². The first kappa shape index (κ1) is 26.1. The molecule has 4 aliphatic rings. The third kappa shape index (κ3) is 3.46. The van der Waals surface area contributed by atoms with Crippen molar-refractivity contribution in [2.45, 2.75) is 50.5 Å². The van der Waals surface area contributed by atoms with E-state index < -0.39 is 5.54 Å². The molecule has 1 unspecified atom stereocenters. The van der Waals surface area contributed by atoms with Crippen molar-refractivity contribution in [1.82, 2.24) is 0 Å². The second kappa shape index (κ2) is 9.67. The Kier molecular flexibility index (Phi) is 5.49. The van der Waals surface area contributed by atoms with Crippen LogP contribution in [0.3, 0.4) is 0 Å². The minimum atomic E-state index is -0.438. The summed E-state index contributed by atoms with van der Waals surface area (Å²) in [5.74, 6) is 0.627. The van der Waals surface area contributed by atoms with Gasteiger partial charge in [-0.25, -0.2) is 0 Å². The molecule has 3 aromatic carbocycles. The normalized spacial score (nSPS) is 18.9. The summed E-state index contributed by atoms with van der Waals surface area (Å²) in [6.07, 6.45) is 13.5. The molecule has 3 nitrogen and oxygen atoms in total. The molecule has 2 aliphatic carbocycles. The van der Waals surface area contributed by atoms with Gasteiger partial charge in [-0.05, 0) is 67.1 Å². The van der Waals surface area contributed by atoms with Gasteiger partial charge in [0.25, 0.3) is 5.70 Å². The predicted molar refractivity (Wildman–Crippen MR) is 182 cm³/mol. The number of hydrogen-bond donors (Lipinski definition) is 0. The van der Waals surface area contributed by atoms with Gasteiger partial charge in [-0.2, -0.15) is 13.7 Å². The number of hydrogen-bond acceptors (Lipinski definition) is 0. The monoisotopic (exact) mass is 594 g/mol. The molecule has 2 aliphatic heterocycles. The summed E-state index contributed by atoms with van der Waals surface area (Å²) in [6.45, 7) is 2.21. The van der Waals surface area contributed by atoms with E-state index in [1.807, 2.05) is 0 Å². The summed E-state index contributed by atoms with van der Waals surface area (Å²) >= 11 is 0. The molecule has 220 valence electrons. The molecular weight excluding hydrogens is 558 g/mol. The number of pyridine rings is 3. The molecule has 1 fully saturated rings. The molecule has 3 aromatic heterocycles. The standard InChI is InChI=1S/C43H36N3/c1-29-21-22-38-35(27-29)39-20-10-12-25-46(39)43-36-18-8-7-17-34(36)37-19-9-11-24-45(37)42(43)41(43)33-16-6-5-15-32(33)40-28-31(23-26-44(38)40)30-13-3-2-4-14-30/h5-12,15-28,30H,2-4,13-14H2,1H3/q+3. The Morgan fingerprint density at radius 3 is 2.17 bits per heavy atom. The van der Waals surface area contributed by atoms with Crippen molar-refractivity contribution in [3.05, 3.63) is 156 Å². The fraction of sp³-hybridized carbons (Fsp3) is 0.186. The molecule has 0 radical (unpaired) electrons. The fourth-order valence-electron chi connectivity index (χ4n) is 8.95. The lowest BCUT2D eigenvalue weighted by molar-refractivity contribution is -0.726. The second-order valence-electron chi connectivity index (χ2n) is 13.5. The highest BCUT2D eigenvalue weighted by molar-refractivity contribution is 6.13. The smallest absolute Gasteiger partial charge is 0.173 e. The maximum atomic E-state index is 2.57. The van der Waals surface area contributed by atoms with Crippen molar-refractivity contribution < 1.29 is 13.7 Å². The van der Waals surface area contributed by atoms with E-state index >= 15 is 0 Å². The van der Waals surface area contributed by atoms with Gasteiger partial charge in [-0.15, -0.1) is 0 Å². The number of fused-ring (bicyclic) bond motifs is 12. The van der Waals surface area contributed by atoms with Crippen LogP contribution in [0.15, 0.2) is 134 Å². The van der Waals surface area contributed by atoms with Crippen LogP contribution < -0.4 is 13.7 Å². The average Bonchev–Trinajstić information content (AvgIpc) is 3.83. The van der Waals surface area contributed by atoms with Gasteiger partial charge in [0.05, 0.1) is 16.7 Å². The summed E-state index contributed by atoms with van der Waals surface area (Å²) in [7, 11) is 0. The van der Waals surface area contributed by atoms with Crippen molar-refractivity contribution in [3.63, 3.8) is 0 Å². The third-order valence-electron chi connectivity index (χ3n) is 11.0. The first-order valence-electron chi connectivity index (χ1n) is 16.9. The maximum Gasteiger partial charge on any atom is 0.311 e. The first-order chi connectivity index (χ1) is 22.7. The molecule has 0 amide bonds. The largest absolute Gasteiger partial charge is 0.311 e. The Morgan fingerprint density at radius 2 is 1.30 bits per heavy atom. The Hall–Kier alpha value is -5.15. The van der Waals surface area contributed by atoms with Crippen LogP contribution in [0.1, 0.15) is 60.3 Å². The van der Waals surface area contributed by atoms with Gasteiger partial charge in [0, 0.05) is 48.0 Å². The van der Waals surface area contributed by atoms with Gasteiger partial charge >= 0.3 is 5.54 Å². The van der Waals surface area contributed by atoms with Gasteiger partial charge in [0.2, 0.25) is 22.8 Å². The molecule has 0 saturated heterocycles. The van der Waals surface area contributed by atoms with E-state index in [1.54, 1.807) is 0 Å². The zero-order valence-electron chi connectivity index (χ0n) is 26.2. The van der Waals surface area contributed by atoms with Gasteiger partial charge in [0.15, 0.2) is 18.6 Å². The van der Waals surface area contributed by atoms with E-state index in [4.69, 9.17) is 0 Å². The van der Waals surface area contributed by atoms with Crippen LogP contribution in [0.5, 0.6) is 0 Å². The highest BCUT2D eigenvalue weighted by Crippen LogP contribution is 2.63. The number of benzene rings is 3. The fourth-order valence-corrected chi connectivity index (χ4v) is 8.95. The molecule has 6 aromatic rings. The number of aryl methyl sites for hydroxylation is 1. The zero-order valence-corrected chi connectivity index (χ0v) is 26.2. The maximum absolute atomic E-state index is 2.57. The lowest BCUT2D eigenvalue weighted by Crippen LogP contribution is -2.57. The third-order valence-corrected chi connectivity index (χ3v) is 11.0. The number of nitrogens with zero attached hydrogens (tertiary/aromatic N) is 3. The number of allylic oxidation sites excluding steroid dienone is 2. The molecule has 46 heavy (non-hydrogen) atoms. The quantitative estimate of drug-likeness (QED) is 0.170. The van der Waals surface area contributed by atoms with Crippen LogP contribution in [0.2, 0.25) is 0 Å². The summed E-state index contributed by atoms with van der Waals surface area (Å²) in [6, 6.07) is 43.5. The van der Waals surface area contributed by atoms with Gasteiger partial charge in [0.1, 0.15) is 11.1 Å². The van der Waals surface area contributed by atoms with Crippen molar-refractivity contribution in [3.8, 4) is 39.5 Å². The molecule has 5 heterocycles. The molecule has 3 heteroatoms. The van der Waals surface area contributed by atoms with Gasteiger partial charge in [-0.3, -0.25) is 0 Å². The lowest BCUT2D eigenvalue weighted by atomic mass is 9.83. The Bertz CT molecular complexity index is 2270. The van der Waals surface area contributed by atoms with E-state index in [2.05, 4.69) is 154 Å². The molecule has 10 rings (SSSR count). The highest BCUT2D eigenvalue weighted by atomic mass is 15.2. The molecule has 1 atom stereocenters. The average molecular weight is 595 g/mol. The Labute approximate surface area is 270 Å². The minimum Gasteiger partial charge on any atom is -0.173 e. The summed E-state index contributed by atoms with van der Waals surface area (Å²) < 4.78 is 7.48. The highest BCUT2D eigenvalue weighted by Gasteiger charge is 2.76. The van der Waals surface area contributed by atoms with E-state index in [0.29, 0.717) is 5.92 Å². The van der Waals surface area contributed by atoms with Crippen molar-refractivity contribution in [2.24, 2.45) is 0 Å². The number of rotatable bonds is 1.